The molecule has 174 valence electrons. The van der Waals surface area contributed by atoms with Crippen LogP contribution in [0.1, 0.15) is 24.8 Å². The Morgan fingerprint density at radius 1 is 1.06 bits per heavy atom. The van der Waals surface area contributed by atoms with E-state index in [1.165, 1.54) is 0 Å². The van der Waals surface area contributed by atoms with Crippen molar-refractivity contribution in [3.8, 4) is 0 Å². The van der Waals surface area contributed by atoms with Crippen LogP contribution in [0.3, 0.4) is 0 Å². The molecule has 0 unspecified atom stereocenters. The minimum atomic E-state index is -0.0986. The summed E-state index contributed by atoms with van der Waals surface area (Å²) in [6.45, 7) is 3.41. The van der Waals surface area contributed by atoms with Crippen LogP contribution >= 0.6 is 11.3 Å². The van der Waals surface area contributed by atoms with E-state index in [0.717, 1.165) is 46.2 Å². The second-order valence-corrected chi connectivity index (χ2v) is 9.34. The molecule has 3 aromatic rings. The molecule has 3 heterocycles. The first-order chi connectivity index (χ1) is 16.0. The molecule has 0 bridgehead atoms. The number of pyridine rings is 1. The first-order valence-electron chi connectivity index (χ1n) is 11.3. The summed E-state index contributed by atoms with van der Waals surface area (Å²) in [4.78, 5) is 41.1. The Hall–Kier alpha value is -3.20. The number of fused-ring (bicyclic) bond motifs is 1. The molecule has 9 heteroatoms. The van der Waals surface area contributed by atoms with Gasteiger partial charge in [-0.3, -0.25) is 9.59 Å². The number of thiazole rings is 1. The van der Waals surface area contributed by atoms with Crippen LogP contribution in [0, 0.1) is 0 Å². The van der Waals surface area contributed by atoms with Crippen molar-refractivity contribution in [3.63, 3.8) is 0 Å². The van der Waals surface area contributed by atoms with Crippen LogP contribution in [-0.4, -0.2) is 67.0 Å². The second kappa shape index (κ2) is 10.6. The van der Waals surface area contributed by atoms with Gasteiger partial charge in [0.05, 0.1) is 0 Å². The quantitative estimate of drug-likeness (QED) is 0.577. The van der Waals surface area contributed by atoms with E-state index in [1.54, 1.807) is 17.5 Å². The molecule has 0 atom stereocenters. The zero-order valence-electron chi connectivity index (χ0n) is 19.2. The smallest absolute Gasteiger partial charge is 0.223 e. The summed E-state index contributed by atoms with van der Waals surface area (Å²) in [5.41, 5.74) is 3.07. The van der Waals surface area contributed by atoms with Crippen molar-refractivity contribution < 1.29 is 9.59 Å². The van der Waals surface area contributed by atoms with Crippen LogP contribution < -0.4 is 15.1 Å². The Morgan fingerprint density at radius 2 is 1.88 bits per heavy atom. The van der Waals surface area contributed by atoms with E-state index in [2.05, 4.69) is 20.2 Å². The number of carbonyl (C=O) groups is 2. The van der Waals surface area contributed by atoms with E-state index in [9.17, 15) is 9.59 Å². The molecule has 1 fully saturated rings. The van der Waals surface area contributed by atoms with Gasteiger partial charge in [0.25, 0.3) is 0 Å². The van der Waals surface area contributed by atoms with Crippen molar-refractivity contribution >= 4 is 44.3 Å². The normalized spacial score (nSPS) is 14.2. The molecule has 1 aromatic carbocycles. The molecule has 4 rings (SSSR count). The maximum Gasteiger partial charge on any atom is 0.223 e. The number of rotatable bonds is 7. The number of nitrogens with one attached hydrogen (secondary N) is 1. The highest BCUT2D eigenvalue weighted by molar-refractivity contribution is 7.21. The van der Waals surface area contributed by atoms with Crippen molar-refractivity contribution in [3.05, 3.63) is 48.2 Å². The van der Waals surface area contributed by atoms with E-state index < -0.39 is 0 Å². The van der Waals surface area contributed by atoms with Crippen molar-refractivity contribution in [2.45, 2.75) is 25.8 Å². The van der Waals surface area contributed by atoms with Gasteiger partial charge in [0.15, 0.2) is 5.13 Å². The molecule has 0 spiro atoms. The minimum absolute atomic E-state index is 0.0355. The number of anilines is 2. The summed E-state index contributed by atoms with van der Waals surface area (Å²) < 4.78 is 0. The van der Waals surface area contributed by atoms with Crippen molar-refractivity contribution in [1.29, 1.82) is 0 Å². The topological polar surface area (TPSA) is 81.7 Å². The van der Waals surface area contributed by atoms with Gasteiger partial charge in [-0.15, -0.1) is 0 Å². The van der Waals surface area contributed by atoms with Gasteiger partial charge < -0.3 is 20.0 Å². The lowest BCUT2D eigenvalue weighted by atomic mass is 10.2. The zero-order valence-corrected chi connectivity index (χ0v) is 20.0. The molecule has 2 aromatic heterocycles. The van der Waals surface area contributed by atoms with Crippen LogP contribution in [0.25, 0.3) is 10.3 Å². The zero-order chi connectivity index (χ0) is 23.2. The van der Waals surface area contributed by atoms with Gasteiger partial charge >= 0.3 is 0 Å². The number of nitrogens with zero attached hydrogens (tertiary/aromatic N) is 5. The van der Waals surface area contributed by atoms with E-state index in [4.69, 9.17) is 0 Å². The fraction of sp³-hybridized carbons (Fsp3) is 0.417. The predicted octanol–water partition coefficient (Wildman–Crippen LogP) is 2.89. The van der Waals surface area contributed by atoms with Gasteiger partial charge in [-0.05, 0) is 36.2 Å². The molecule has 1 N–H and O–H groups in total. The number of hydrogen-bond acceptors (Lipinski definition) is 7. The first kappa shape index (κ1) is 23.0. The summed E-state index contributed by atoms with van der Waals surface area (Å²) in [7, 11) is 3.99. The Balaban J connectivity index is 1.22. The van der Waals surface area contributed by atoms with Crippen LogP contribution in [0.15, 0.2) is 42.6 Å². The molecule has 1 aliphatic heterocycles. The van der Waals surface area contributed by atoms with Gasteiger partial charge in [0, 0.05) is 71.5 Å². The molecule has 0 aliphatic carbocycles. The van der Waals surface area contributed by atoms with Gasteiger partial charge in [-0.25, -0.2) is 9.97 Å². The average molecular weight is 467 g/mol. The summed E-state index contributed by atoms with van der Waals surface area (Å²) in [6, 6.07) is 11.9. The molecular weight excluding hydrogens is 436 g/mol. The van der Waals surface area contributed by atoms with Crippen molar-refractivity contribution in [2.75, 3.05) is 50.1 Å². The summed E-state index contributed by atoms with van der Waals surface area (Å²) in [5, 5.41) is 3.87. The SMILES string of the molecule is CN(C)c1ccc(CNC(=O)CCC(=O)N2CCCN(c3nc4cccnc4s3)CC2)cc1. The van der Waals surface area contributed by atoms with Crippen molar-refractivity contribution in [2.24, 2.45) is 0 Å². The minimum Gasteiger partial charge on any atom is -0.378 e. The Labute approximate surface area is 198 Å². The molecule has 2 amide bonds. The molecule has 1 aliphatic rings. The third-order valence-electron chi connectivity index (χ3n) is 5.78. The van der Waals surface area contributed by atoms with E-state index in [1.807, 2.05) is 60.3 Å². The second-order valence-electron chi connectivity index (χ2n) is 8.38. The molecule has 0 saturated carbocycles. The van der Waals surface area contributed by atoms with Gasteiger partial charge in [0.2, 0.25) is 11.8 Å². The predicted molar refractivity (Wildman–Crippen MR) is 133 cm³/mol. The number of amides is 2. The van der Waals surface area contributed by atoms with Gasteiger partial charge in [-0.1, -0.05) is 23.5 Å². The van der Waals surface area contributed by atoms with Crippen molar-refractivity contribution in [1.82, 2.24) is 20.2 Å². The lowest BCUT2D eigenvalue weighted by Crippen LogP contribution is -2.36. The fourth-order valence-electron chi connectivity index (χ4n) is 3.83. The molecule has 8 nitrogen and oxygen atoms in total. The van der Waals surface area contributed by atoms with Crippen LogP contribution in [0.5, 0.6) is 0 Å². The lowest BCUT2D eigenvalue weighted by molar-refractivity contribution is -0.133. The number of benzene rings is 1. The molecular formula is C24H30N6O2S. The number of aromatic nitrogens is 2. The van der Waals surface area contributed by atoms with E-state index in [-0.39, 0.29) is 24.7 Å². The van der Waals surface area contributed by atoms with E-state index in [0.29, 0.717) is 19.6 Å². The molecule has 33 heavy (non-hydrogen) atoms. The fourth-order valence-corrected chi connectivity index (χ4v) is 4.79. The summed E-state index contributed by atoms with van der Waals surface area (Å²) >= 11 is 1.59. The highest BCUT2D eigenvalue weighted by Gasteiger charge is 2.21. The summed E-state index contributed by atoms with van der Waals surface area (Å²) in [6.07, 6.45) is 3.10. The van der Waals surface area contributed by atoms with Gasteiger partial charge in [-0.2, -0.15) is 0 Å². The van der Waals surface area contributed by atoms with Crippen LogP contribution in [-0.2, 0) is 16.1 Å². The molecule has 0 radical (unpaired) electrons. The maximum atomic E-state index is 12.7. The third-order valence-corrected chi connectivity index (χ3v) is 6.82. The number of hydrogen-bond donors (Lipinski definition) is 1. The van der Waals surface area contributed by atoms with Crippen LogP contribution in [0.4, 0.5) is 10.8 Å². The standard InChI is InChI=1S/C24H30N6O2S/c1-28(2)19-8-6-18(7-9-19)17-26-21(31)10-11-22(32)29-13-4-14-30(16-15-29)24-27-20-5-3-12-25-23(20)33-24/h3,5-9,12H,4,10-11,13-17H2,1-2H3,(H,26,31). The Bertz CT molecular complexity index is 1060. The maximum absolute atomic E-state index is 12.7. The lowest BCUT2D eigenvalue weighted by Gasteiger charge is -2.21. The highest BCUT2D eigenvalue weighted by Crippen LogP contribution is 2.27. The summed E-state index contributed by atoms with van der Waals surface area (Å²) in [5.74, 6) is -0.0632. The average Bonchev–Trinajstić information content (AvgIpc) is 3.10. The third kappa shape index (κ3) is 5.98. The highest BCUT2D eigenvalue weighted by atomic mass is 32.1. The van der Waals surface area contributed by atoms with E-state index >= 15 is 0 Å². The Kier molecular flexibility index (Phi) is 7.39. The first-order valence-corrected chi connectivity index (χ1v) is 12.1. The Morgan fingerprint density at radius 3 is 2.64 bits per heavy atom. The number of carbonyl (C=O) groups excluding carboxylic acids is 2. The van der Waals surface area contributed by atoms with Gasteiger partial charge in [0.1, 0.15) is 10.3 Å². The van der Waals surface area contributed by atoms with Crippen LogP contribution in [0.2, 0.25) is 0 Å². The molecule has 1 saturated heterocycles. The monoisotopic (exact) mass is 466 g/mol. The largest absolute Gasteiger partial charge is 0.378 e.